The first-order valence-electron chi connectivity index (χ1n) is 13.9. The average Bonchev–Trinajstić information content (AvgIpc) is 3.42. The van der Waals surface area contributed by atoms with Gasteiger partial charge in [0.25, 0.3) is 0 Å². The van der Waals surface area contributed by atoms with Gasteiger partial charge >= 0.3 is 12.1 Å². The van der Waals surface area contributed by atoms with Crippen LogP contribution in [0.3, 0.4) is 0 Å². The Labute approximate surface area is 243 Å². The van der Waals surface area contributed by atoms with E-state index in [0.29, 0.717) is 37.4 Å². The molecule has 10 nitrogen and oxygen atoms in total. The number of pyridine rings is 1. The predicted octanol–water partition coefficient (Wildman–Crippen LogP) is 5.46. The van der Waals surface area contributed by atoms with Crippen LogP contribution < -0.4 is 4.90 Å². The van der Waals surface area contributed by atoms with Crippen molar-refractivity contribution in [2.24, 2.45) is 0 Å². The number of hydrogen-bond acceptors (Lipinski definition) is 8. The lowest BCUT2D eigenvalue weighted by molar-refractivity contribution is 0.0240. The van der Waals surface area contributed by atoms with Gasteiger partial charge in [-0.1, -0.05) is 30.3 Å². The molecule has 2 aromatic carbocycles. The fraction of sp³-hybridized carbons (Fsp3) is 0.281. The number of imidazole rings is 1. The molecule has 1 aliphatic heterocycles. The summed E-state index contributed by atoms with van der Waals surface area (Å²) < 4.78 is 12.3. The highest BCUT2D eigenvalue weighted by atomic mass is 16.6. The molecule has 4 heterocycles. The minimum atomic E-state index is -0.534. The van der Waals surface area contributed by atoms with E-state index in [4.69, 9.17) is 14.6 Å². The molecule has 0 spiro atoms. The summed E-state index contributed by atoms with van der Waals surface area (Å²) in [5.41, 5.74) is 5.30. The maximum atomic E-state index is 12.9. The van der Waals surface area contributed by atoms with Crippen LogP contribution >= 0.6 is 0 Å². The third-order valence-electron chi connectivity index (χ3n) is 7.27. The fourth-order valence-electron chi connectivity index (χ4n) is 5.21. The molecular weight excluding hydrogens is 532 g/mol. The van der Waals surface area contributed by atoms with Crippen molar-refractivity contribution >= 4 is 34.3 Å². The van der Waals surface area contributed by atoms with Gasteiger partial charge in [0.05, 0.1) is 24.5 Å². The quantitative estimate of drug-likeness (QED) is 0.266. The molecule has 0 radical (unpaired) electrons. The number of ether oxygens (including phenoxy) is 2. The van der Waals surface area contributed by atoms with E-state index in [1.807, 2.05) is 81.4 Å². The summed E-state index contributed by atoms with van der Waals surface area (Å²) in [5.74, 6) is -0.534. The summed E-state index contributed by atoms with van der Waals surface area (Å²) in [6, 6.07) is 19.6. The van der Waals surface area contributed by atoms with Crippen LogP contribution in [0.25, 0.3) is 38.9 Å². The molecule has 5 aromatic rings. The number of aromatic nitrogens is 4. The first kappa shape index (κ1) is 27.2. The summed E-state index contributed by atoms with van der Waals surface area (Å²) in [5, 5.41) is 5.69. The molecule has 1 fully saturated rings. The van der Waals surface area contributed by atoms with E-state index >= 15 is 0 Å². The second kappa shape index (κ2) is 10.8. The molecule has 1 saturated heterocycles. The van der Waals surface area contributed by atoms with Crippen LogP contribution in [0.15, 0.2) is 73.1 Å². The maximum absolute atomic E-state index is 12.9. The van der Waals surface area contributed by atoms with Gasteiger partial charge in [-0.15, -0.1) is 0 Å². The Balaban J connectivity index is 1.29. The monoisotopic (exact) mass is 564 g/mol. The smallest absolute Gasteiger partial charge is 0.410 e. The third-order valence-corrected chi connectivity index (χ3v) is 7.27. The Morgan fingerprint density at radius 1 is 0.881 bits per heavy atom. The highest BCUT2D eigenvalue weighted by Crippen LogP contribution is 2.31. The van der Waals surface area contributed by atoms with Gasteiger partial charge in [0.2, 0.25) is 0 Å². The number of esters is 1. The van der Waals surface area contributed by atoms with E-state index in [2.05, 4.69) is 14.9 Å². The number of fused-ring (bicyclic) bond motifs is 2. The van der Waals surface area contributed by atoms with E-state index in [9.17, 15) is 9.59 Å². The molecule has 6 rings (SSSR count). The minimum Gasteiger partial charge on any atom is -0.464 e. The van der Waals surface area contributed by atoms with Crippen molar-refractivity contribution in [2.45, 2.75) is 26.4 Å². The number of piperazine rings is 1. The Morgan fingerprint density at radius 3 is 2.33 bits per heavy atom. The predicted molar refractivity (Wildman–Crippen MR) is 161 cm³/mol. The minimum absolute atomic E-state index is 0.196. The number of carbonyl (C=O) groups is 2. The Kier molecular flexibility index (Phi) is 6.97. The van der Waals surface area contributed by atoms with Crippen LogP contribution in [0.5, 0.6) is 0 Å². The molecule has 0 bridgehead atoms. The highest BCUT2D eigenvalue weighted by Gasteiger charge is 2.26. The number of anilines is 1. The van der Waals surface area contributed by atoms with Crippen molar-refractivity contribution in [2.75, 3.05) is 38.2 Å². The molecule has 0 aliphatic carbocycles. The molecule has 214 valence electrons. The van der Waals surface area contributed by atoms with Crippen LogP contribution in [-0.4, -0.2) is 75.4 Å². The van der Waals surface area contributed by atoms with Crippen molar-refractivity contribution in [3.63, 3.8) is 0 Å². The lowest BCUT2D eigenvalue weighted by Gasteiger charge is -2.36. The van der Waals surface area contributed by atoms with Crippen LogP contribution in [0.4, 0.5) is 10.5 Å². The van der Waals surface area contributed by atoms with Crippen molar-refractivity contribution in [3.05, 3.63) is 78.8 Å². The summed E-state index contributed by atoms with van der Waals surface area (Å²) in [4.78, 5) is 38.4. The molecule has 10 heteroatoms. The van der Waals surface area contributed by atoms with E-state index in [1.54, 1.807) is 21.8 Å². The number of carbonyl (C=O) groups excluding carboxylic acids is 2. The molecular formula is C32H32N6O4. The first-order valence-corrected chi connectivity index (χ1v) is 13.9. The number of benzene rings is 2. The van der Waals surface area contributed by atoms with Crippen molar-refractivity contribution in [1.82, 2.24) is 24.5 Å². The van der Waals surface area contributed by atoms with E-state index in [0.717, 1.165) is 33.4 Å². The van der Waals surface area contributed by atoms with Crippen LogP contribution in [0.2, 0.25) is 0 Å². The van der Waals surface area contributed by atoms with Gasteiger partial charge in [-0.25, -0.2) is 19.1 Å². The Hall–Kier alpha value is -4.99. The summed E-state index contributed by atoms with van der Waals surface area (Å²) in [6.07, 6.45) is 3.23. The van der Waals surface area contributed by atoms with Gasteiger partial charge < -0.3 is 19.3 Å². The van der Waals surface area contributed by atoms with Crippen LogP contribution in [0, 0.1) is 0 Å². The van der Waals surface area contributed by atoms with Gasteiger partial charge in [-0.2, -0.15) is 5.10 Å². The largest absolute Gasteiger partial charge is 0.464 e. The third kappa shape index (κ3) is 5.23. The lowest BCUT2D eigenvalue weighted by atomic mass is 10.0. The number of methoxy groups -OCH3 is 1. The standard InChI is InChI=1S/C32H32N6O4/c1-32(2,3)42-31(40)37-17-15-36(16-18-37)22-11-9-21(10-12-22)25-19-28-34-20-27(38(28)35-29(25)30(39)41-4)24-13-14-33-26-8-6-5-7-23(24)26/h5-14,19-20H,15-18H2,1-4H3. The average molecular weight is 565 g/mol. The molecule has 0 saturated carbocycles. The van der Waals surface area contributed by atoms with Gasteiger partial charge in [0.1, 0.15) is 5.60 Å². The summed E-state index contributed by atoms with van der Waals surface area (Å²) in [6.45, 7) is 8.17. The normalized spacial score (nSPS) is 13.9. The first-order chi connectivity index (χ1) is 20.2. The summed E-state index contributed by atoms with van der Waals surface area (Å²) in [7, 11) is 1.35. The Morgan fingerprint density at radius 2 is 1.62 bits per heavy atom. The molecule has 1 aliphatic rings. The number of rotatable bonds is 4. The number of nitrogens with zero attached hydrogens (tertiary/aromatic N) is 6. The fourth-order valence-corrected chi connectivity index (χ4v) is 5.21. The zero-order chi connectivity index (χ0) is 29.4. The zero-order valence-electron chi connectivity index (χ0n) is 24.1. The van der Waals surface area contributed by atoms with E-state index in [1.165, 1.54) is 7.11 Å². The topological polar surface area (TPSA) is 102 Å². The second-order valence-electron chi connectivity index (χ2n) is 11.2. The van der Waals surface area contributed by atoms with Crippen molar-refractivity contribution in [1.29, 1.82) is 0 Å². The van der Waals surface area contributed by atoms with Gasteiger partial charge in [-0.05, 0) is 56.7 Å². The maximum Gasteiger partial charge on any atom is 0.410 e. The van der Waals surface area contributed by atoms with Gasteiger partial charge in [-0.3, -0.25) is 4.98 Å². The van der Waals surface area contributed by atoms with E-state index in [-0.39, 0.29) is 11.8 Å². The number of amides is 1. The number of para-hydroxylation sites is 1. The molecule has 0 N–H and O–H groups in total. The lowest BCUT2D eigenvalue weighted by Crippen LogP contribution is -2.50. The molecule has 42 heavy (non-hydrogen) atoms. The zero-order valence-corrected chi connectivity index (χ0v) is 24.1. The van der Waals surface area contributed by atoms with Gasteiger partial charge in [0.15, 0.2) is 11.3 Å². The molecule has 3 aromatic heterocycles. The van der Waals surface area contributed by atoms with Crippen LogP contribution in [-0.2, 0) is 9.47 Å². The molecule has 1 amide bonds. The highest BCUT2D eigenvalue weighted by molar-refractivity contribution is 5.97. The second-order valence-corrected chi connectivity index (χ2v) is 11.2. The van der Waals surface area contributed by atoms with Gasteiger partial charge in [0, 0.05) is 54.6 Å². The van der Waals surface area contributed by atoms with Crippen molar-refractivity contribution < 1.29 is 19.1 Å². The van der Waals surface area contributed by atoms with Crippen LogP contribution in [0.1, 0.15) is 31.3 Å². The summed E-state index contributed by atoms with van der Waals surface area (Å²) >= 11 is 0. The molecule has 0 atom stereocenters. The Bertz CT molecular complexity index is 1780. The molecule has 0 unspecified atom stereocenters. The number of hydrogen-bond donors (Lipinski definition) is 0. The van der Waals surface area contributed by atoms with E-state index < -0.39 is 11.6 Å². The SMILES string of the molecule is COC(=O)c1nn2c(-c3ccnc4ccccc34)cnc2cc1-c1ccc(N2CCN(C(=O)OC(C)(C)C)CC2)cc1. The van der Waals surface area contributed by atoms with Crippen molar-refractivity contribution in [3.8, 4) is 22.4 Å².